The number of benzene rings is 1. The molecule has 1 aromatic carbocycles. The van der Waals surface area contributed by atoms with Crippen LogP contribution < -0.4 is 4.90 Å². The average Bonchev–Trinajstić information content (AvgIpc) is 3.12. The zero-order valence-corrected chi connectivity index (χ0v) is 13.8. The fourth-order valence-electron chi connectivity index (χ4n) is 3.77. The van der Waals surface area contributed by atoms with Gasteiger partial charge in [-0.1, -0.05) is 37.3 Å². The van der Waals surface area contributed by atoms with Crippen molar-refractivity contribution in [3.63, 3.8) is 0 Å². The summed E-state index contributed by atoms with van der Waals surface area (Å²) in [6.45, 7) is 5.82. The predicted molar refractivity (Wildman–Crippen MR) is 91.4 cm³/mol. The monoisotopic (exact) mass is 314 g/mol. The third kappa shape index (κ3) is 2.52. The highest BCUT2D eigenvalue weighted by Crippen LogP contribution is 2.36. The zero-order valence-electron chi connectivity index (χ0n) is 13.0. The number of likely N-dealkylation sites (N-methyl/N-ethyl adjacent to an activating group) is 1. The van der Waals surface area contributed by atoms with Crippen LogP contribution in [0.5, 0.6) is 0 Å². The van der Waals surface area contributed by atoms with Crippen molar-refractivity contribution in [1.82, 2.24) is 14.3 Å². The van der Waals surface area contributed by atoms with Gasteiger partial charge in [0, 0.05) is 42.3 Å². The molecule has 0 amide bonds. The molecule has 2 aliphatic heterocycles. The second-order valence-electron chi connectivity index (χ2n) is 6.24. The van der Waals surface area contributed by atoms with Gasteiger partial charge in [-0.05, 0) is 25.8 Å². The van der Waals surface area contributed by atoms with Gasteiger partial charge in [0.05, 0.1) is 0 Å². The molecule has 4 nitrogen and oxygen atoms in total. The fraction of sp³-hybridized carbons (Fsp3) is 0.529. The number of anilines is 1. The van der Waals surface area contributed by atoms with Gasteiger partial charge >= 0.3 is 0 Å². The van der Waals surface area contributed by atoms with E-state index in [1.54, 1.807) is 11.5 Å². The van der Waals surface area contributed by atoms with Crippen molar-refractivity contribution in [2.24, 2.45) is 0 Å². The fourth-order valence-corrected chi connectivity index (χ4v) is 4.60. The predicted octanol–water partition coefficient (Wildman–Crippen LogP) is 3.27. The number of hydrogen-bond donors (Lipinski definition) is 0. The Balaban J connectivity index is 1.61. The number of hydrogen-bond acceptors (Lipinski definition) is 5. The number of nitrogens with zero attached hydrogens (tertiary/aromatic N) is 4. The van der Waals surface area contributed by atoms with Gasteiger partial charge in [0.2, 0.25) is 5.13 Å². The first-order valence-electron chi connectivity index (χ1n) is 8.25. The van der Waals surface area contributed by atoms with Crippen LogP contribution in [0.4, 0.5) is 5.13 Å². The van der Waals surface area contributed by atoms with Crippen molar-refractivity contribution in [3.05, 3.63) is 30.3 Å². The highest BCUT2D eigenvalue weighted by Gasteiger charge is 2.38. The standard InChI is InChI=1S/C17H22N4S/c1-2-20-11-10-14-8-9-15(12-20)21(14)17-18-16(19-22-17)13-6-4-3-5-7-13/h3-7,14-15H,2,8-12H2,1H3. The molecule has 22 heavy (non-hydrogen) atoms. The Morgan fingerprint density at radius 3 is 2.77 bits per heavy atom. The van der Waals surface area contributed by atoms with E-state index in [1.807, 2.05) is 18.2 Å². The van der Waals surface area contributed by atoms with Crippen LogP contribution in [0, 0.1) is 0 Å². The summed E-state index contributed by atoms with van der Waals surface area (Å²) in [5.41, 5.74) is 1.11. The maximum Gasteiger partial charge on any atom is 0.206 e. The minimum absolute atomic E-state index is 0.615. The summed E-state index contributed by atoms with van der Waals surface area (Å²) in [6.07, 6.45) is 3.86. The maximum atomic E-state index is 4.85. The van der Waals surface area contributed by atoms with Gasteiger partial charge in [-0.2, -0.15) is 9.36 Å². The van der Waals surface area contributed by atoms with Crippen molar-refractivity contribution in [3.8, 4) is 11.4 Å². The van der Waals surface area contributed by atoms with E-state index >= 15 is 0 Å². The van der Waals surface area contributed by atoms with Crippen LogP contribution in [0.15, 0.2) is 30.3 Å². The van der Waals surface area contributed by atoms with Crippen molar-refractivity contribution in [2.75, 3.05) is 24.5 Å². The molecule has 2 aliphatic rings. The van der Waals surface area contributed by atoms with Crippen LogP contribution >= 0.6 is 11.5 Å². The molecule has 2 bridgehead atoms. The quantitative estimate of drug-likeness (QED) is 0.870. The maximum absolute atomic E-state index is 4.85. The molecular formula is C17H22N4S. The molecule has 3 heterocycles. The highest BCUT2D eigenvalue weighted by molar-refractivity contribution is 7.09. The van der Waals surface area contributed by atoms with Gasteiger partial charge in [-0.25, -0.2) is 0 Å². The van der Waals surface area contributed by atoms with Gasteiger partial charge in [-0.3, -0.25) is 0 Å². The molecule has 0 spiro atoms. The molecule has 0 radical (unpaired) electrons. The van der Waals surface area contributed by atoms with Gasteiger partial charge in [0.25, 0.3) is 0 Å². The Bertz CT molecular complexity index is 627. The van der Waals surface area contributed by atoms with Crippen LogP contribution in [0.1, 0.15) is 26.2 Å². The first kappa shape index (κ1) is 14.2. The normalized spacial score (nSPS) is 25.4. The summed E-state index contributed by atoms with van der Waals surface area (Å²) in [7, 11) is 0. The molecule has 2 fully saturated rings. The Morgan fingerprint density at radius 1 is 1.14 bits per heavy atom. The van der Waals surface area contributed by atoms with E-state index in [9.17, 15) is 0 Å². The van der Waals surface area contributed by atoms with Crippen LogP contribution in [-0.2, 0) is 0 Å². The molecule has 5 heteroatoms. The lowest BCUT2D eigenvalue weighted by Gasteiger charge is -2.27. The van der Waals surface area contributed by atoms with E-state index in [0.29, 0.717) is 12.1 Å². The topological polar surface area (TPSA) is 32.3 Å². The number of rotatable bonds is 3. The number of fused-ring (bicyclic) bond motifs is 2. The lowest BCUT2D eigenvalue weighted by atomic mass is 10.1. The molecule has 2 atom stereocenters. The summed E-state index contributed by atoms with van der Waals surface area (Å²) in [5, 5.41) is 1.12. The molecule has 1 aromatic heterocycles. The second-order valence-corrected chi connectivity index (χ2v) is 6.97. The van der Waals surface area contributed by atoms with Crippen molar-refractivity contribution >= 4 is 16.7 Å². The molecule has 2 saturated heterocycles. The minimum Gasteiger partial charge on any atom is -0.340 e. The first-order valence-corrected chi connectivity index (χ1v) is 9.02. The molecule has 0 N–H and O–H groups in total. The minimum atomic E-state index is 0.615. The lowest BCUT2D eigenvalue weighted by Crippen LogP contribution is -2.39. The molecule has 2 unspecified atom stereocenters. The third-order valence-corrected chi connectivity index (χ3v) is 5.71. The average molecular weight is 314 g/mol. The van der Waals surface area contributed by atoms with Gasteiger partial charge in [0.15, 0.2) is 5.82 Å². The summed E-state index contributed by atoms with van der Waals surface area (Å²) < 4.78 is 4.60. The molecule has 0 saturated carbocycles. The highest BCUT2D eigenvalue weighted by atomic mass is 32.1. The van der Waals surface area contributed by atoms with Crippen molar-refractivity contribution in [2.45, 2.75) is 38.3 Å². The second kappa shape index (κ2) is 5.97. The third-order valence-electron chi connectivity index (χ3n) is 4.98. The van der Waals surface area contributed by atoms with E-state index < -0.39 is 0 Å². The van der Waals surface area contributed by atoms with Crippen molar-refractivity contribution < 1.29 is 0 Å². The van der Waals surface area contributed by atoms with E-state index in [-0.39, 0.29) is 0 Å². The molecule has 2 aromatic rings. The van der Waals surface area contributed by atoms with E-state index in [2.05, 4.69) is 33.2 Å². The SMILES string of the molecule is CCN1CCC2CCC(C1)N2c1nc(-c2ccccc2)ns1. The molecule has 116 valence electrons. The summed E-state index contributed by atoms with van der Waals surface area (Å²) in [6, 6.07) is 11.6. The summed E-state index contributed by atoms with van der Waals surface area (Å²) in [4.78, 5) is 10.0. The smallest absolute Gasteiger partial charge is 0.206 e. The number of aromatic nitrogens is 2. The zero-order chi connectivity index (χ0) is 14.9. The molecule has 0 aliphatic carbocycles. The van der Waals surface area contributed by atoms with E-state index in [0.717, 1.165) is 23.1 Å². The largest absolute Gasteiger partial charge is 0.340 e. The Labute approximate surface area is 136 Å². The lowest BCUT2D eigenvalue weighted by molar-refractivity contribution is 0.273. The van der Waals surface area contributed by atoms with Crippen LogP contribution in [0.2, 0.25) is 0 Å². The van der Waals surface area contributed by atoms with Crippen LogP contribution in [0.3, 0.4) is 0 Å². The van der Waals surface area contributed by atoms with E-state index in [4.69, 9.17) is 4.98 Å². The van der Waals surface area contributed by atoms with Crippen LogP contribution in [-0.4, -0.2) is 46.0 Å². The summed E-state index contributed by atoms with van der Waals surface area (Å²) in [5.74, 6) is 0.872. The van der Waals surface area contributed by atoms with Crippen molar-refractivity contribution in [1.29, 1.82) is 0 Å². The van der Waals surface area contributed by atoms with Gasteiger partial charge in [-0.15, -0.1) is 0 Å². The van der Waals surface area contributed by atoms with Gasteiger partial charge in [0.1, 0.15) is 0 Å². The summed E-state index contributed by atoms with van der Waals surface area (Å²) >= 11 is 1.56. The van der Waals surface area contributed by atoms with E-state index in [1.165, 1.54) is 32.4 Å². The molecule has 4 rings (SSSR count). The Morgan fingerprint density at radius 2 is 1.95 bits per heavy atom. The Kier molecular flexibility index (Phi) is 3.84. The first-order chi connectivity index (χ1) is 10.8. The molecular weight excluding hydrogens is 292 g/mol. The van der Waals surface area contributed by atoms with Crippen LogP contribution in [0.25, 0.3) is 11.4 Å². The van der Waals surface area contributed by atoms with Gasteiger partial charge < -0.3 is 9.80 Å². The Hall–Kier alpha value is -1.46. The number of likely N-dealkylation sites (tertiary alicyclic amines) is 1.